The molecule has 0 atom stereocenters. The summed E-state index contributed by atoms with van der Waals surface area (Å²) in [7, 11) is 0. The number of benzene rings is 3. The fourth-order valence-corrected chi connectivity index (χ4v) is 4.82. The summed E-state index contributed by atoms with van der Waals surface area (Å²) in [5.74, 6) is 0. The van der Waals surface area contributed by atoms with E-state index in [1.807, 2.05) is 30.3 Å². The first-order chi connectivity index (χ1) is 11.8. The molecule has 0 radical (unpaired) electrons. The van der Waals surface area contributed by atoms with Crippen LogP contribution in [0.4, 0.5) is 0 Å². The standard InChI is InChI=1S/C21H14ClNSe/c22-18-13-11-16(12-14-18)20-19(15-7-3-1-4-8-15)21(24-23-20)17-9-5-2-6-10-17/h1-14H. The van der Waals surface area contributed by atoms with Crippen molar-refractivity contribution in [1.82, 2.24) is 3.98 Å². The molecule has 0 saturated heterocycles. The summed E-state index contributed by atoms with van der Waals surface area (Å²) in [6.07, 6.45) is 0. The monoisotopic (exact) mass is 395 g/mol. The quantitative estimate of drug-likeness (QED) is 0.401. The molecule has 0 aliphatic carbocycles. The van der Waals surface area contributed by atoms with Crippen molar-refractivity contribution in [3.8, 4) is 32.4 Å². The first-order valence-electron chi connectivity index (χ1n) is 7.69. The molecule has 4 rings (SSSR count). The molecular formula is C21H14ClNSe. The van der Waals surface area contributed by atoms with Gasteiger partial charge in [0.2, 0.25) is 0 Å². The zero-order valence-corrected chi connectivity index (χ0v) is 15.3. The van der Waals surface area contributed by atoms with E-state index in [1.54, 1.807) is 0 Å². The fourth-order valence-electron chi connectivity index (χ4n) is 2.75. The van der Waals surface area contributed by atoms with Gasteiger partial charge in [-0.1, -0.05) is 0 Å². The van der Waals surface area contributed by atoms with Crippen LogP contribution in [0.25, 0.3) is 32.4 Å². The number of hydrogen-bond acceptors (Lipinski definition) is 1. The Morgan fingerprint density at radius 1 is 0.625 bits per heavy atom. The molecule has 0 aliphatic heterocycles. The maximum absolute atomic E-state index is 6.05. The Labute approximate surface area is 152 Å². The van der Waals surface area contributed by atoms with Gasteiger partial charge in [0, 0.05) is 0 Å². The summed E-state index contributed by atoms with van der Waals surface area (Å²) >= 11 is 6.12. The van der Waals surface area contributed by atoms with Crippen LogP contribution in [-0.4, -0.2) is 18.7 Å². The number of hydrogen-bond donors (Lipinski definition) is 0. The number of nitrogens with zero attached hydrogens (tertiary/aromatic N) is 1. The minimum absolute atomic E-state index is 0.0709. The van der Waals surface area contributed by atoms with E-state index in [9.17, 15) is 0 Å². The van der Waals surface area contributed by atoms with Crippen molar-refractivity contribution >= 4 is 26.3 Å². The normalized spacial score (nSPS) is 10.7. The zero-order valence-electron chi connectivity index (χ0n) is 12.8. The zero-order chi connectivity index (χ0) is 16.4. The van der Waals surface area contributed by atoms with E-state index in [2.05, 4.69) is 54.6 Å². The molecule has 1 heterocycles. The van der Waals surface area contributed by atoms with Gasteiger partial charge in [0.15, 0.2) is 0 Å². The number of halogens is 1. The first kappa shape index (κ1) is 15.4. The van der Waals surface area contributed by atoms with Crippen molar-refractivity contribution in [2.45, 2.75) is 0 Å². The summed E-state index contributed by atoms with van der Waals surface area (Å²) in [6.45, 7) is 0. The van der Waals surface area contributed by atoms with Gasteiger partial charge in [-0.3, -0.25) is 0 Å². The number of aromatic nitrogens is 1. The van der Waals surface area contributed by atoms with E-state index < -0.39 is 0 Å². The third-order valence-corrected chi connectivity index (χ3v) is 6.04. The van der Waals surface area contributed by atoms with Gasteiger partial charge in [-0.2, -0.15) is 0 Å². The molecule has 0 unspecified atom stereocenters. The van der Waals surface area contributed by atoms with E-state index in [0.29, 0.717) is 0 Å². The average molecular weight is 395 g/mol. The third kappa shape index (κ3) is 2.97. The van der Waals surface area contributed by atoms with Crippen LogP contribution in [0.1, 0.15) is 0 Å². The molecule has 0 bridgehead atoms. The Balaban J connectivity index is 1.95. The maximum atomic E-state index is 6.05. The molecule has 3 aromatic carbocycles. The molecule has 0 fully saturated rings. The van der Waals surface area contributed by atoms with Crippen LogP contribution in [0.15, 0.2) is 84.9 Å². The van der Waals surface area contributed by atoms with E-state index in [0.717, 1.165) is 16.3 Å². The minimum atomic E-state index is 0.0709. The molecule has 0 spiro atoms. The summed E-state index contributed by atoms with van der Waals surface area (Å²) in [4.78, 5) is 0. The molecule has 0 saturated carbocycles. The average Bonchev–Trinajstić information content (AvgIpc) is 3.09. The second-order valence-electron chi connectivity index (χ2n) is 5.47. The van der Waals surface area contributed by atoms with Crippen molar-refractivity contribution in [2.75, 3.05) is 0 Å². The van der Waals surface area contributed by atoms with Gasteiger partial charge in [-0.15, -0.1) is 0 Å². The molecule has 0 amide bonds. The molecule has 116 valence electrons. The van der Waals surface area contributed by atoms with E-state index in [1.165, 1.54) is 21.1 Å². The van der Waals surface area contributed by atoms with Crippen LogP contribution in [0, 0.1) is 0 Å². The van der Waals surface area contributed by atoms with Crippen molar-refractivity contribution in [1.29, 1.82) is 0 Å². The van der Waals surface area contributed by atoms with Gasteiger partial charge in [-0.25, -0.2) is 0 Å². The van der Waals surface area contributed by atoms with Crippen molar-refractivity contribution in [3.05, 3.63) is 90.0 Å². The Kier molecular flexibility index (Phi) is 4.35. The Morgan fingerprint density at radius 3 is 1.83 bits per heavy atom. The van der Waals surface area contributed by atoms with Crippen LogP contribution in [0.3, 0.4) is 0 Å². The molecule has 1 nitrogen and oxygen atoms in total. The molecule has 3 heteroatoms. The molecule has 4 aromatic rings. The Bertz CT molecular complexity index is 944. The van der Waals surface area contributed by atoms with Gasteiger partial charge in [0.25, 0.3) is 0 Å². The Hall–Kier alpha value is -2.12. The van der Waals surface area contributed by atoms with Gasteiger partial charge in [0.1, 0.15) is 0 Å². The molecule has 24 heavy (non-hydrogen) atoms. The van der Waals surface area contributed by atoms with E-state index >= 15 is 0 Å². The summed E-state index contributed by atoms with van der Waals surface area (Å²) in [6, 6.07) is 29.0. The first-order valence-corrected chi connectivity index (χ1v) is 9.69. The van der Waals surface area contributed by atoms with Crippen LogP contribution >= 0.6 is 11.6 Å². The second-order valence-corrected chi connectivity index (χ2v) is 7.53. The van der Waals surface area contributed by atoms with Crippen molar-refractivity contribution < 1.29 is 0 Å². The van der Waals surface area contributed by atoms with Gasteiger partial charge in [-0.05, 0) is 0 Å². The summed E-state index contributed by atoms with van der Waals surface area (Å²) < 4.78 is 6.25. The molecular weight excluding hydrogens is 381 g/mol. The SMILES string of the molecule is Clc1ccc(-c2n[se]c(-c3ccccc3)c2-c2ccccc2)cc1. The topological polar surface area (TPSA) is 12.9 Å². The van der Waals surface area contributed by atoms with Crippen LogP contribution in [0.2, 0.25) is 5.02 Å². The van der Waals surface area contributed by atoms with Gasteiger partial charge in [0.05, 0.1) is 0 Å². The van der Waals surface area contributed by atoms with Crippen molar-refractivity contribution in [3.63, 3.8) is 0 Å². The summed E-state index contributed by atoms with van der Waals surface area (Å²) in [5.41, 5.74) is 5.89. The number of rotatable bonds is 3. The van der Waals surface area contributed by atoms with Gasteiger partial charge >= 0.3 is 153 Å². The predicted molar refractivity (Wildman–Crippen MR) is 102 cm³/mol. The second kappa shape index (κ2) is 6.78. The molecule has 0 aliphatic rings. The van der Waals surface area contributed by atoms with Crippen LogP contribution in [-0.2, 0) is 0 Å². The molecule has 1 aromatic heterocycles. The van der Waals surface area contributed by atoms with Crippen molar-refractivity contribution in [2.24, 2.45) is 0 Å². The molecule has 0 N–H and O–H groups in total. The summed E-state index contributed by atoms with van der Waals surface area (Å²) in [5, 5.41) is 0.747. The third-order valence-electron chi connectivity index (χ3n) is 3.91. The van der Waals surface area contributed by atoms with Crippen LogP contribution < -0.4 is 0 Å². The predicted octanol–water partition coefficient (Wildman–Crippen LogP) is 5.79. The van der Waals surface area contributed by atoms with E-state index in [-0.39, 0.29) is 14.7 Å². The Morgan fingerprint density at radius 2 is 1.21 bits per heavy atom. The van der Waals surface area contributed by atoms with Crippen LogP contribution in [0.5, 0.6) is 0 Å². The fraction of sp³-hybridized carbons (Fsp3) is 0. The van der Waals surface area contributed by atoms with E-state index in [4.69, 9.17) is 15.6 Å². The van der Waals surface area contributed by atoms with Gasteiger partial charge < -0.3 is 0 Å².